The predicted octanol–water partition coefficient (Wildman–Crippen LogP) is 2.59. The minimum atomic E-state index is -0.993. The number of aliphatic carboxylic acids is 1. The molecule has 0 aliphatic carbocycles. The number of nitrogens with two attached hydrogens (primary N) is 1. The summed E-state index contributed by atoms with van der Waals surface area (Å²) in [5.41, 5.74) is 8.61. The van der Waals surface area contributed by atoms with Gasteiger partial charge in [-0.15, -0.1) is 10.2 Å². The molecule has 0 spiro atoms. The first-order valence-corrected chi connectivity index (χ1v) is 8.54. The zero-order valence-corrected chi connectivity index (χ0v) is 14.5. The SMILES string of the molecule is Cn1cnnc1Sc1cccc(-c2cccc(CC(N)C(=O)O)c2)c1. The molecule has 1 atom stereocenters. The molecule has 6 nitrogen and oxygen atoms in total. The standard InChI is InChI=1S/C18H18N4O2S/c1-22-11-20-21-18(22)25-15-7-3-6-14(10-15)13-5-2-4-12(8-13)9-16(19)17(23)24/h2-8,10-11,16H,9,19H2,1H3,(H,23,24). The molecule has 25 heavy (non-hydrogen) atoms. The number of carboxylic acids is 1. The Kier molecular flexibility index (Phi) is 5.16. The second-order valence-electron chi connectivity index (χ2n) is 5.70. The fourth-order valence-corrected chi connectivity index (χ4v) is 3.25. The molecule has 0 bridgehead atoms. The molecule has 2 aromatic carbocycles. The van der Waals surface area contributed by atoms with E-state index in [4.69, 9.17) is 10.8 Å². The number of nitrogens with zero attached hydrogens (tertiary/aromatic N) is 3. The molecule has 0 amide bonds. The van der Waals surface area contributed by atoms with Gasteiger partial charge in [0.2, 0.25) is 0 Å². The van der Waals surface area contributed by atoms with E-state index >= 15 is 0 Å². The van der Waals surface area contributed by atoms with E-state index in [0.717, 1.165) is 26.7 Å². The molecular formula is C18H18N4O2S. The van der Waals surface area contributed by atoms with Gasteiger partial charge in [0.15, 0.2) is 5.16 Å². The Bertz CT molecular complexity index is 894. The van der Waals surface area contributed by atoms with Crippen LogP contribution in [0.15, 0.2) is 64.9 Å². The number of aromatic nitrogens is 3. The van der Waals surface area contributed by atoms with Crippen LogP contribution in [0.3, 0.4) is 0 Å². The summed E-state index contributed by atoms with van der Waals surface area (Å²) >= 11 is 1.54. The third-order valence-corrected chi connectivity index (χ3v) is 4.79. The number of benzene rings is 2. The highest BCUT2D eigenvalue weighted by molar-refractivity contribution is 7.99. The predicted molar refractivity (Wildman–Crippen MR) is 96.3 cm³/mol. The van der Waals surface area contributed by atoms with E-state index in [0.29, 0.717) is 6.42 Å². The fraction of sp³-hybridized carbons (Fsp3) is 0.167. The Morgan fingerprint density at radius 3 is 2.64 bits per heavy atom. The first-order chi connectivity index (χ1) is 12.0. The van der Waals surface area contributed by atoms with Gasteiger partial charge in [0.05, 0.1) is 0 Å². The van der Waals surface area contributed by atoms with Gasteiger partial charge in [0.1, 0.15) is 12.4 Å². The maximum Gasteiger partial charge on any atom is 0.320 e. The van der Waals surface area contributed by atoms with Crippen LogP contribution in [-0.4, -0.2) is 31.9 Å². The quantitative estimate of drug-likeness (QED) is 0.707. The van der Waals surface area contributed by atoms with Crippen molar-refractivity contribution in [2.75, 3.05) is 0 Å². The summed E-state index contributed by atoms with van der Waals surface area (Å²) in [6.07, 6.45) is 1.97. The number of hydrogen-bond donors (Lipinski definition) is 2. The van der Waals surface area contributed by atoms with Gasteiger partial charge in [-0.05, 0) is 47.0 Å². The zero-order chi connectivity index (χ0) is 17.8. The molecule has 0 aliphatic rings. The summed E-state index contributed by atoms with van der Waals surface area (Å²) in [7, 11) is 1.90. The number of carbonyl (C=O) groups is 1. The molecule has 3 rings (SSSR count). The van der Waals surface area contributed by atoms with Gasteiger partial charge in [0, 0.05) is 11.9 Å². The Balaban J connectivity index is 1.83. The number of aryl methyl sites for hydroxylation is 1. The molecule has 1 heterocycles. The van der Waals surface area contributed by atoms with Crippen LogP contribution >= 0.6 is 11.8 Å². The van der Waals surface area contributed by atoms with Crippen LogP contribution in [0, 0.1) is 0 Å². The van der Waals surface area contributed by atoms with Crippen molar-refractivity contribution in [1.82, 2.24) is 14.8 Å². The highest BCUT2D eigenvalue weighted by atomic mass is 32.2. The van der Waals surface area contributed by atoms with Crippen molar-refractivity contribution < 1.29 is 9.90 Å². The molecule has 3 N–H and O–H groups in total. The van der Waals surface area contributed by atoms with Crippen LogP contribution in [0.4, 0.5) is 0 Å². The Hall–Kier alpha value is -2.64. The van der Waals surface area contributed by atoms with Crippen LogP contribution in [0.5, 0.6) is 0 Å². The average molecular weight is 354 g/mol. The average Bonchev–Trinajstić information content (AvgIpc) is 3.00. The lowest BCUT2D eigenvalue weighted by Crippen LogP contribution is -2.32. The summed E-state index contributed by atoms with van der Waals surface area (Å²) < 4.78 is 1.87. The summed E-state index contributed by atoms with van der Waals surface area (Å²) in [5, 5.41) is 17.8. The van der Waals surface area contributed by atoms with E-state index in [1.807, 2.05) is 54.1 Å². The molecule has 7 heteroatoms. The Labute approximate surface area is 149 Å². The Morgan fingerprint density at radius 1 is 1.24 bits per heavy atom. The monoisotopic (exact) mass is 354 g/mol. The number of carboxylic acid groups (broad SMARTS) is 1. The van der Waals surface area contributed by atoms with Crippen molar-refractivity contribution in [3.8, 4) is 11.1 Å². The van der Waals surface area contributed by atoms with E-state index in [1.54, 1.807) is 18.1 Å². The molecule has 3 aromatic rings. The number of rotatable bonds is 6. The summed E-state index contributed by atoms with van der Waals surface area (Å²) in [5.74, 6) is -0.993. The Morgan fingerprint density at radius 2 is 1.96 bits per heavy atom. The molecule has 0 saturated carbocycles. The lowest BCUT2D eigenvalue weighted by molar-refractivity contribution is -0.138. The van der Waals surface area contributed by atoms with Crippen molar-refractivity contribution in [2.24, 2.45) is 12.8 Å². The minimum Gasteiger partial charge on any atom is -0.480 e. The van der Waals surface area contributed by atoms with Gasteiger partial charge in [0.25, 0.3) is 0 Å². The van der Waals surface area contributed by atoms with Gasteiger partial charge in [-0.1, -0.05) is 36.4 Å². The molecule has 0 aliphatic heterocycles. The molecule has 1 aromatic heterocycles. The van der Waals surface area contributed by atoms with Crippen LogP contribution < -0.4 is 5.73 Å². The van der Waals surface area contributed by atoms with Gasteiger partial charge >= 0.3 is 5.97 Å². The van der Waals surface area contributed by atoms with E-state index in [1.165, 1.54) is 0 Å². The molecule has 0 radical (unpaired) electrons. The summed E-state index contributed by atoms with van der Waals surface area (Å²) in [4.78, 5) is 12.0. The summed E-state index contributed by atoms with van der Waals surface area (Å²) in [6.45, 7) is 0. The molecule has 0 fully saturated rings. The van der Waals surface area contributed by atoms with Gasteiger partial charge in [-0.25, -0.2) is 0 Å². The first-order valence-electron chi connectivity index (χ1n) is 7.72. The molecule has 128 valence electrons. The van der Waals surface area contributed by atoms with Crippen molar-refractivity contribution in [1.29, 1.82) is 0 Å². The van der Waals surface area contributed by atoms with Gasteiger partial charge in [-0.2, -0.15) is 0 Å². The highest BCUT2D eigenvalue weighted by Gasteiger charge is 2.12. The molecule has 1 unspecified atom stereocenters. The lowest BCUT2D eigenvalue weighted by Gasteiger charge is -2.09. The molecular weight excluding hydrogens is 336 g/mol. The minimum absolute atomic E-state index is 0.302. The van der Waals surface area contributed by atoms with Crippen molar-refractivity contribution in [3.63, 3.8) is 0 Å². The topological polar surface area (TPSA) is 94.0 Å². The molecule has 0 saturated heterocycles. The van der Waals surface area contributed by atoms with Crippen LogP contribution in [0.1, 0.15) is 5.56 Å². The van der Waals surface area contributed by atoms with Crippen molar-refractivity contribution >= 4 is 17.7 Å². The number of hydrogen-bond acceptors (Lipinski definition) is 5. The van der Waals surface area contributed by atoms with E-state index in [2.05, 4.69) is 16.3 Å². The third-order valence-electron chi connectivity index (χ3n) is 3.75. The zero-order valence-electron chi connectivity index (χ0n) is 13.7. The smallest absolute Gasteiger partial charge is 0.320 e. The van der Waals surface area contributed by atoms with Crippen LogP contribution in [-0.2, 0) is 18.3 Å². The first kappa shape index (κ1) is 17.2. The second-order valence-corrected chi connectivity index (χ2v) is 6.74. The van der Waals surface area contributed by atoms with Crippen molar-refractivity contribution in [3.05, 3.63) is 60.4 Å². The fourth-order valence-electron chi connectivity index (χ4n) is 2.43. The summed E-state index contributed by atoms with van der Waals surface area (Å²) in [6, 6.07) is 15.0. The van der Waals surface area contributed by atoms with Gasteiger partial charge < -0.3 is 15.4 Å². The lowest BCUT2D eigenvalue weighted by atomic mass is 10.00. The maximum atomic E-state index is 10.9. The van der Waals surface area contributed by atoms with Gasteiger partial charge in [-0.3, -0.25) is 4.79 Å². The van der Waals surface area contributed by atoms with Crippen LogP contribution in [0.25, 0.3) is 11.1 Å². The van der Waals surface area contributed by atoms with E-state index < -0.39 is 12.0 Å². The third kappa shape index (κ3) is 4.26. The van der Waals surface area contributed by atoms with Crippen molar-refractivity contribution in [2.45, 2.75) is 22.5 Å². The van der Waals surface area contributed by atoms with E-state index in [9.17, 15) is 4.79 Å². The van der Waals surface area contributed by atoms with E-state index in [-0.39, 0.29) is 0 Å². The van der Waals surface area contributed by atoms with Crippen LogP contribution in [0.2, 0.25) is 0 Å². The normalized spacial score (nSPS) is 12.1. The largest absolute Gasteiger partial charge is 0.480 e. The maximum absolute atomic E-state index is 10.9. The second kappa shape index (κ2) is 7.50. The highest BCUT2D eigenvalue weighted by Crippen LogP contribution is 2.30.